The Labute approximate surface area is 175 Å². The van der Waals surface area contributed by atoms with Gasteiger partial charge in [0.2, 0.25) is 5.95 Å². The fourth-order valence-corrected chi connectivity index (χ4v) is 3.63. The fourth-order valence-electron chi connectivity index (χ4n) is 3.63. The van der Waals surface area contributed by atoms with Gasteiger partial charge in [0.05, 0.1) is 30.8 Å². The van der Waals surface area contributed by atoms with E-state index in [1.54, 1.807) is 6.20 Å². The lowest BCUT2D eigenvalue weighted by atomic mass is 10.1. The van der Waals surface area contributed by atoms with Crippen molar-refractivity contribution in [2.24, 2.45) is 0 Å². The van der Waals surface area contributed by atoms with Crippen LogP contribution >= 0.6 is 0 Å². The second kappa shape index (κ2) is 8.62. The zero-order valence-electron chi connectivity index (χ0n) is 17.5. The quantitative estimate of drug-likeness (QED) is 0.699. The number of aryl methyl sites for hydroxylation is 1. The molecule has 8 nitrogen and oxygen atoms in total. The van der Waals surface area contributed by atoms with Gasteiger partial charge in [-0.05, 0) is 51.1 Å². The summed E-state index contributed by atoms with van der Waals surface area (Å²) >= 11 is 0. The van der Waals surface area contributed by atoms with E-state index in [1.807, 2.05) is 48.4 Å². The zero-order chi connectivity index (χ0) is 21.1. The molecule has 1 saturated heterocycles. The zero-order valence-corrected chi connectivity index (χ0v) is 17.5. The van der Waals surface area contributed by atoms with Crippen LogP contribution in [0.1, 0.15) is 36.1 Å². The summed E-state index contributed by atoms with van der Waals surface area (Å²) in [6.45, 7) is 8.68. The largest absolute Gasteiger partial charge is 0.378 e. The van der Waals surface area contributed by atoms with Crippen LogP contribution in [0.2, 0.25) is 0 Å². The number of carbonyl (C=O) groups excluding carboxylic acids is 1. The van der Waals surface area contributed by atoms with Crippen molar-refractivity contribution in [2.45, 2.75) is 26.8 Å². The van der Waals surface area contributed by atoms with E-state index < -0.39 is 0 Å². The lowest BCUT2D eigenvalue weighted by molar-refractivity contribution is 0.0303. The molecule has 30 heavy (non-hydrogen) atoms. The summed E-state index contributed by atoms with van der Waals surface area (Å²) in [5.74, 6) is 1.47. The van der Waals surface area contributed by atoms with Crippen LogP contribution in [0.15, 0.2) is 42.7 Å². The third-order valence-electron chi connectivity index (χ3n) is 5.10. The maximum Gasteiger partial charge on any atom is 0.254 e. The fraction of sp³-hybridized carbons (Fsp3) is 0.364. The third-order valence-corrected chi connectivity index (χ3v) is 5.10. The molecular formula is C22H26N6O2. The lowest BCUT2D eigenvalue weighted by Crippen LogP contribution is -2.40. The molecule has 0 saturated carbocycles. The molecule has 0 radical (unpaired) electrons. The standard InChI is InChI=1S/C22H26N6O2/c1-15(2)28-16(3)24-14-20(28)19-8-9-23-22(26-19)25-18-6-4-17(5-7-18)21(29)27-10-12-30-13-11-27/h4-9,14-15H,10-13H2,1-3H3,(H,23,25,26). The van der Waals surface area contributed by atoms with E-state index in [4.69, 9.17) is 4.74 Å². The monoisotopic (exact) mass is 406 g/mol. The minimum atomic E-state index is 0.0282. The van der Waals surface area contributed by atoms with Crippen molar-refractivity contribution in [2.75, 3.05) is 31.6 Å². The number of aromatic nitrogens is 4. The number of amides is 1. The molecule has 1 amide bonds. The molecule has 3 heterocycles. The Bertz CT molecular complexity index is 1020. The summed E-state index contributed by atoms with van der Waals surface area (Å²) in [5, 5.41) is 3.22. The molecule has 1 N–H and O–H groups in total. The molecule has 2 aromatic heterocycles. The molecule has 1 aliphatic heterocycles. The Hall–Kier alpha value is -3.26. The van der Waals surface area contributed by atoms with Crippen molar-refractivity contribution >= 4 is 17.5 Å². The van der Waals surface area contributed by atoms with E-state index in [0.29, 0.717) is 37.8 Å². The molecule has 0 spiro atoms. The summed E-state index contributed by atoms with van der Waals surface area (Å²) in [5.41, 5.74) is 3.24. The van der Waals surface area contributed by atoms with Crippen molar-refractivity contribution < 1.29 is 9.53 Å². The number of hydrogen-bond donors (Lipinski definition) is 1. The van der Waals surface area contributed by atoms with Crippen molar-refractivity contribution in [3.8, 4) is 11.4 Å². The molecule has 0 atom stereocenters. The van der Waals surface area contributed by atoms with Gasteiger partial charge in [-0.2, -0.15) is 0 Å². The number of anilines is 2. The van der Waals surface area contributed by atoms with Crippen LogP contribution in [0.4, 0.5) is 11.6 Å². The molecule has 1 aromatic carbocycles. The molecule has 0 unspecified atom stereocenters. The molecule has 4 rings (SSSR count). The molecule has 156 valence electrons. The average Bonchev–Trinajstić information content (AvgIpc) is 3.16. The number of carbonyl (C=O) groups is 1. The molecular weight excluding hydrogens is 380 g/mol. The van der Waals surface area contributed by atoms with E-state index in [0.717, 1.165) is 22.9 Å². The van der Waals surface area contributed by atoms with Gasteiger partial charge >= 0.3 is 0 Å². The van der Waals surface area contributed by atoms with Gasteiger partial charge in [0.25, 0.3) is 5.91 Å². The van der Waals surface area contributed by atoms with Gasteiger partial charge < -0.3 is 19.5 Å². The second-order valence-corrected chi connectivity index (χ2v) is 7.53. The highest BCUT2D eigenvalue weighted by molar-refractivity contribution is 5.94. The van der Waals surface area contributed by atoms with E-state index in [1.165, 1.54) is 0 Å². The minimum Gasteiger partial charge on any atom is -0.378 e. The van der Waals surface area contributed by atoms with Gasteiger partial charge in [-0.15, -0.1) is 0 Å². The number of ether oxygens (including phenoxy) is 1. The van der Waals surface area contributed by atoms with Gasteiger partial charge in [0, 0.05) is 36.6 Å². The Morgan fingerprint density at radius 2 is 1.83 bits per heavy atom. The van der Waals surface area contributed by atoms with E-state index in [2.05, 4.69) is 38.7 Å². The molecule has 1 fully saturated rings. The van der Waals surface area contributed by atoms with Crippen LogP contribution in [-0.2, 0) is 4.74 Å². The number of benzene rings is 1. The van der Waals surface area contributed by atoms with Crippen LogP contribution < -0.4 is 5.32 Å². The minimum absolute atomic E-state index is 0.0282. The number of morpholine rings is 1. The Kier molecular flexibility index (Phi) is 5.76. The summed E-state index contributed by atoms with van der Waals surface area (Å²) in [4.78, 5) is 27.8. The van der Waals surface area contributed by atoms with Gasteiger partial charge in [-0.25, -0.2) is 15.0 Å². The molecule has 0 aliphatic carbocycles. The molecule has 8 heteroatoms. The van der Waals surface area contributed by atoms with Crippen LogP contribution in [0, 0.1) is 6.92 Å². The lowest BCUT2D eigenvalue weighted by Gasteiger charge is -2.26. The second-order valence-electron chi connectivity index (χ2n) is 7.53. The van der Waals surface area contributed by atoms with E-state index >= 15 is 0 Å². The van der Waals surface area contributed by atoms with Gasteiger partial charge in [-0.1, -0.05) is 0 Å². The topological polar surface area (TPSA) is 85.2 Å². The average molecular weight is 406 g/mol. The van der Waals surface area contributed by atoms with Crippen LogP contribution in [0.5, 0.6) is 0 Å². The normalized spacial score (nSPS) is 14.2. The Morgan fingerprint density at radius 1 is 1.10 bits per heavy atom. The smallest absolute Gasteiger partial charge is 0.254 e. The number of rotatable bonds is 5. The molecule has 0 bridgehead atoms. The van der Waals surface area contributed by atoms with Gasteiger partial charge in [0.1, 0.15) is 5.82 Å². The van der Waals surface area contributed by atoms with E-state index in [9.17, 15) is 4.79 Å². The van der Waals surface area contributed by atoms with Gasteiger partial charge in [0.15, 0.2) is 0 Å². The van der Waals surface area contributed by atoms with Crippen molar-refractivity contribution in [1.82, 2.24) is 24.4 Å². The number of nitrogens with one attached hydrogen (secondary N) is 1. The SMILES string of the molecule is Cc1ncc(-c2ccnc(Nc3ccc(C(=O)N4CCOCC4)cc3)n2)n1C(C)C. The number of nitrogens with zero attached hydrogens (tertiary/aromatic N) is 5. The maximum absolute atomic E-state index is 12.6. The van der Waals surface area contributed by atoms with Crippen molar-refractivity contribution in [1.29, 1.82) is 0 Å². The Balaban J connectivity index is 1.50. The van der Waals surface area contributed by atoms with E-state index in [-0.39, 0.29) is 11.9 Å². The summed E-state index contributed by atoms with van der Waals surface area (Å²) in [6.07, 6.45) is 3.57. The van der Waals surface area contributed by atoms with Crippen molar-refractivity contribution in [3.63, 3.8) is 0 Å². The van der Waals surface area contributed by atoms with Crippen LogP contribution in [0.25, 0.3) is 11.4 Å². The summed E-state index contributed by atoms with van der Waals surface area (Å²) < 4.78 is 7.46. The first-order chi connectivity index (χ1) is 14.5. The first-order valence-electron chi connectivity index (χ1n) is 10.1. The van der Waals surface area contributed by atoms with Gasteiger partial charge in [-0.3, -0.25) is 4.79 Å². The first kappa shape index (κ1) is 20.0. The highest BCUT2D eigenvalue weighted by atomic mass is 16.5. The summed E-state index contributed by atoms with van der Waals surface area (Å²) in [6, 6.07) is 9.54. The highest BCUT2D eigenvalue weighted by Gasteiger charge is 2.18. The molecule has 3 aromatic rings. The van der Waals surface area contributed by atoms with Crippen LogP contribution in [0.3, 0.4) is 0 Å². The first-order valence-corrected chi connectivity index (χ1v) is 10.1. The maximum atomic E-state index is 12.6. The predicted molar refractivity (Wildman–Crippen MR) is 115 cm³/mol. The van der Waals surface area contributed by atoms with Crippen molar-refractivity contribution in [3.05, 3.63) is 54.1 Å². The summed E-state index contributed by atoms with van der Waals surface area (Å²) in [7, 11) is 0. The molecule has 1 aliphatic rings. The highest BCUT2D eigenvalue weighted by Crippen LogP contribution is 2.24. The van der Waals surface area contributed by atoms with Crippen LogP contribution in [-0.4, -0.2) is 56.6 Å². The third kappa shape index (κ3) is 4.18. The predicted octanol–water partition coefficient (Wildman–Crippen LogP) is 3.45. The number of hydrogen-bond acceptors (Lipinski definition) is 6. The number of imidazole rings is 1. The Morgan fingerprint density at radius 3 is 2.53 bits per heavy atom.